The van der Waals surface area contributed by atoms with Crippen LogP contribution in [0.3, 0.4) is 0 Å². The molecule has 1 aromatic rings. The molecule has 21 heavy (non-hydrogen) atoms. The summed E-state index contributed by atoms with van der Waals surface area (Å²) in [6.45, 7) is 5.70. The molecule has 1 saturated heterocycles. The van der Waals surface area contributed by atoms with Gasteiger partial charge >= 0.3 is 5.97 Å². The highest BCUT2D eigenvalue weighted by atomic mass is 16.6. The highest BCUT2D eigenvalue weighted by Crippen LogP contribution is 2.27. The molecular formula is C16H18N2O3. The first-order valence-corrected chi connectivity index (χ1v) is 6.83. The number of ether oxygens (including phenoxy) is 1. The Labute approximate surface area is 124 Å². The minimum Gasteiger partial charge on any atom is -0.460 e. The van der Waals surface area contributed by atoms with Gasteiger partial charge in [-0.1, -0.05) is 6.07 Å². The van der Waals surface area contributed by atoms with Gasteiger partial charge in [0.05, 0.1) is 17.6 Å². The van der Waals surface area contributed by atoms with Crippen LogP contribution in [-0.2, 0) is 14.3 Å². The molecule has 1 aliphatic heterocycles. The van der Waals surface area contributed by atoms with Crippen molar-refractivity contribution in [2.45, 2.75) is 32.8 Å². The number of hydrogen-bond acceptors (Lipinski definition) is 4. The highest BCUT2D eigenvalue weighted by molar-refractivity contribution is 5.99. The van der Waals surface area contributed by atoms with E-state index in [1.54, 1.807) is 45.0 Å². The van der Waals surface area contributed by atoms with Gasteiger partial charge < -0.3 is 9.64 Å². The van der Waals surface area contributed by atoms with Crippen molar-refractivity contribution < 1.29 is 14.3 Å². The molecule has 0 N–H and O–H groups in total. The van der Waals surface area contributed by atoms with Crippen LogP contribution in [0.2, 0.25) is 0 Å². The van der Waals surface area contributed by atoms with Crippen molar-refractivity contribution in [3.8, 4) is 6.07 Å². The summed E-state index contributed by atoms with van der Waals surface area (Å²) in [6, 6.07) is 8.85. The first-order valence-electron chi connectivity index (χ1n) is 6.83. The molecule has 0 spiro atoms. The molecule has 0 aliphatic carbocycles. The maximum absolute atomic E-state index is 12.1. The second-order valence-corrected chi connectivity index (χ2v) is 6.10. The number of hydrogen-bond donors (Lipinski definition) is 0. The summed E-state index contributed by atoms with van der Waals surface area (Å²) in [4.78, 5) is 25.7. The molecule has 110 valence electrons. The first-order chi connectivity index (χ1) is 9.80. The van der Waals surface area contributed by atoms with Gasteiger partial charge in [0.1, 0.15) is 5.60 Å². The van der Waals surface area contributed by atoms with Crippen LogP contribution in [0.25, 0.3) is 0 Å². The predicted octanol–water partition coefficient (Wildman–Crippen LogP) is 2.25. The zero-order chi connectivity index (χ0) is 15.6. The Morgan fingerprint density at radius 1 is 1.43 bits per heavy atom. The molecule has 1 aromatic carbocycles. The van der Waals surface area contributed by atoms with E-state index in [-0.39, 0.29) is 18.3 Å². The second kappa shape index (κ2) is 5.57. The molecule has 0 radical (unpaired) electrons. The highest BCUT2D eigenvalue weighted by Gasteiger charge is 2.37. The zero-order valence-corrected chi connectivity index (χ0v) is 12.4. The number of benzene rings is 1. The first kappa shape index (κ1) is 15.0. The van der Waals surface area contributed by atoms with E-state index in [9.17, 15) is 9.59 Å². The van der Waals surface area contributed by atoms with Crippen molar-refractivity contribution in [1.82, 2.24) is 0 Å². The lowest BCUT2D eigenvalue weighted by molar-refractivity contribution is -0.159. The summed E-state index contributed by atoms with van der Waals surface area (Å²) in [7, 11) is 0. The summed E-state index contributed by atoms with van der Waals surface area (Å²) in [5.41, 5.74) is 0.569. The number of esters is 1. The van der Waals surface area contributed by atoms with Gasteiger partial charge in [0.2, 0.25) is 5.91 Å². The lowest BCUT2D eigenvalue weighted by atomic mass is 10.1. The largest absolute Gasteiger partial charge is 0.460 e. The Morgan fingerprint density at radius 2 is 2.14 bits per heavy atom. The minimum atomic E-state index is -0.561. The van der Waals surface area contributed by atoms with Crippen LogP contribution in [-0.4, -0.2) is 24.0 Å². The number of carbonyl (C=O) groups excluding carboxylic acids is 2. The molecule has 2 rings (SSSR count). The predicted molar refractivity (Wildman–Crippen MR) is 77.5 cm³/mol. The normalized spacial score (nSPS) is 18.5. The van der Waals surface area contributed by atoms with Crippen LogP contribution in [0.4, 0.5) is 5.69 Å². The maximum Gasteiger partial charge on any atom is 0.311 e. The third-order valence-corrected chi connectivity index (χ3v) is 3.15. The Kier molecular flexibility index (Phi) is 3.99. The lowest BCUT2D eigenvalue weighted by Crippen LogP contribution is -2.30. The molecule has 5 heteroatoms. The molecule has 1 atom stereocenters. The van der Waals surface area contributed by atoms with E-state index in [4.69, 9.17) is 10.00 Å². The molecule has 0 bridgehead atoms. The number of rotatable bonds is 2. The molecule has 1 fully saturated rings. The quantitative estimate of drug-likeness (QED) is 0.782. The van der Waals surface area contributed by atoms with Crippen molar-refractivity contribution in [3.05, 3.63) is 29.8 Å². The Morgan fingerprint density at radius 3 is 2.76 bits per heavy atom. The van der Waals surface area contributed by atoms with Crippen LogP contribution in [0, 0.1) is 17.2 Å². The van der Waals surface area contributed by atoms with Crippen molar-refractivity contribution in [3.63, 3.8) is 0 Å². The maximum atomic E-state index is 12.1. The van der Waals surface area contributed by atoms with Gasteiger partial charge in [-0.25, -0.2) is 0 Å². The summed E-state index contributed by atoms with van der Waals surface area (Å²) in [6.07, 6.45) is 0.145. The fraction of sp³-hybridized carbons (Fsp3) is 0.438. The summed E-state index contributed by atoms with van der Waals surface area (Å²) in [5.74, 6) is -0.932. The fourth-order valence-electron chi connectivity index (χ4n) is 2.24. The van der Waals surface area contributed by atoms with Crippen LogP contribution in [0.1, 0.15) is 32.8 Å². The van der Waals surface area contributed by atoms with Crippen LogP contribution >= 0.6 is 0 Å². The van der Waals surface area contributed by atoms with Crippen molar-refractivity contribution in [2.75, 3.05) is 11.4 Å². The van der Waals surface area contributed by atoms with Crippen LogP contribution < -0.4 is 4.90 Å². The van der Waals surface area contributed by atoms with Gasteiger partial charge in [-0.3, -0.25) is 9.59 Å². The van der Waals surface area contributed by atoms with E-state index in [0.29, 0.717) is 17.8 Å². The minimum absolute atomic E-state index is 0.124. The average molecular weight is 286 g/mol. The molecule has 0 unspecified atom stereocenters. The van der Waals surface area contributed by atoms with Gasteiger partial charge in [-0.05, 0) is 39.0 Å². The third kappa shape index (κ3) is 3.60. The summed E-state index contributed by atoms with van der Waals surface area (Å²) >= 11 is 0. The van der Waals surface area contributed by atoms with Crippen molar-refractivity contribution in [2.24, 2.45) is 5.92 Å². The van der Waals surface area contributed by atoms with Crippen molar-refractivity contribution in [1.29, 1.82) is 5.26 Å². The summed E-state index contributed by atoms with van der Waals surface area (Å²) < 4.78 is 5.33. The third-order valence-electron chi connectivity index (χ3n) is 3.15. The fourth-order valence-corrected chi connectivity index (χ4v) is 2.24. The Bertz CT molecular complexity index is 611. The van der Waals surface area contributed by atoms with Gasteiger partial charge in [0, 0.05) is 18.7 Å². The van der Waals surface area contributed by atoms with E-state index in [1.807, 2.05) is 6.07 Å². The number of amides is 1. The van der Waals surface area contributed by atoms with Crippen LogP contribution in [0.5, 0.6) is 0 Å². The van der Waals surface area contributed by atoms with E-state index < -0.39 is 11.5 Å². The van der Waals surface area contributed by atoms with Crippen molar-refractivity contribution >= 4 is 17.6 Å². The molecule has 0 aromatic heterocycles. The molecule has 1 heterocycles. The topological polar surface area (TPSA) is 70.4 Å². The lowest BCUT2D eigenvalue weighted by Gasteiger charge is -2.22. The van der Waals surface area contributed by atoms with E-state index in [2.05, 4.69) is 0 Å². The second-order valence-electron chi connectivity index (χ2n) is 6.10. The molecule has 0 saturated carbocycles. The Balaban J connectivity index is 2.13. The monoisotopic (exact) mass is 286 g/mol. The van der Waals surface area contributed by atoms with E-state index in [0.717, 1.165) is 0 Å². The summed E-state index contributed by atoms with van der Waals surface area (Å²) in [5, 5.41) is 8.91. The van der Waals surface area contributed by atoms with Gasteiger partial charge in [0.15, 0.2) is 0 Å². The number of nitriles is 1. The standard InChI is InChI=1S/C16H18N2O3/c1-16(2,3)21-15(20)12-8-14(19)18(10-12)13-6-4-5-11(7-13)9-17/h4-7,12H,8,10H2,1-3H3/t12-/m1/s1. The zero-order valence-electron chi connectivity index (χ0n) is 12.4. The van der Waals surface area contributed by atoms with Gasteiger partial charge in [-0.2, -0.15) is 5.26 Å². The molecular weight excluding hydrogens is 268 g/mol. The number of anilines is 1. The molecule has 1 amide bonds. The average Bonchev–Trinajstić information content (AvgIpc) is 2.79. The van der Waals surface area contributed by atoms with Gasteiger partial charge in [0.25, 0.3) is 0 Å². The number of nitrogens with zero attached hydrogens (tertiary/aromatic N) is 2. The van der Waals surface area contributed by atoms with Crippen LogP contribution in [0.15, 0.2) is 24.3 Å². The molecule has 1 aliphatic rings. The van der Waals surface area contributed by atoms with E-state index >= 15 is 0 Å². The van der Waals surface area contributed by atoms with Gasteiger partial charge in [-0.15, -0.1) is 0 Å². The van der Waals surface area contributed by atoms with E-state index in [1.165, 1.54) is 4.90 Å². The number of carbonyl (C=O) groups is 2. The molecule has 5 nitrogen and oxygen atoms in total. The Hall–Kier alpha value is -2.35. The smallest absolute Gasteiger partial charge is 0.311 e. The SMILES string of the molecule is CC(C)(C)OC(=O)[C@@H]1CC(=O)N(c2cccc(C#N)c2)C1.